The van der Waals surface area contributed by atoms with E-state index in [9.17, 15) is 15.0 Å². The first-order valence-electron chi connectivity index (χ1n) is 6.21. The first-order chi connectivity index (χ1) is 9.52. The Bertz CT molecular complexity index is 878. The number of benzene rings is 1. The topological polar surface area (TPSA) is 75.1 Å². The molecule has 0 aliphatic heterocycles. The number of rotatable bonds is 2. The minimum atomic E-state index is -0.373. The van der Waals surface area contributed by atoms with E-state index in [0.29, 0.717) is 22.2 Å². The van der Waals surface area contributed by atoms with Crippen molar-refractivity contribution in [3.05, 3.63) is 38.7 Å². The van der Waals surface area contributed by atoms with Crippen LogP contribution in [0.25, 0.3) is 16.7 Å². The lowest BCUT2D eigenvalue weighted by Gasteiger charge is -2.09. The Balaban J connectivity index is 2.49. The summed E-state index contributed by atoms with van der Waals surface area (Å²) in [5, 5.41) is 20.3. The second-order valence-corrected chi connectivity index (χ2v) is 5.54. The van der Waals surface area contributed by atoms with Crippen LogP contribution in [-0.4, -0.2) is 14.6 Å². The number of nitrogens with zero attached hydrogens (tertiary/aromatic N) is 1. The van der Waals surface area contributed by atoms with Crippen LogP contribution in [0.15, 0.2) is 32.0 Å². The largest absolute Gasteiger partial charge is 0.507 e. The quantitative estimate of drug-likeness (QED) is 0.753. The molecule has 0 atom stereocenters. The summed E-state index contributed by atoms with van der Waals surface area (Å²) in [7, 11) is 0. The Kier molecular flexibility index (Phi) is 2.97. The maximum Gasteiger partial charge on any atom is 0.272 e. The van der Waals surface area contributed by atoms with Gasteiger partial charge in [0, 0.05) is 28.4 Å². The van der Waals surface area contributed by atoms with E-state index in [4.69, 9.17) is 4.42 Å². The molecule has 0 amide bonds. The number of fused-ring (bicyclic) bond motifs is 2. The molecule has 0 bridgehead atoms. The van der Waals surface area contributed by atoms with E-state index in [0.717, 1.165) is 6.42 Å². The summed E-state index contributed by atoms with van der Waals surface area (Å²) in [6.45, 7) is 1.93. The molecule has 6 heteroatoms. The molecule has 2 heterocycles. The first kappa shape index (κ1) is 13.1. The van der Waals surface area contributed by atoms with Crippen LogP contribution >= 0.6 is 15.9 Å². The van der Waals surface area contributed by atoms with Crippen molar-refractivity contribution in [2.45, 2.75) is 19.8 Å². The number of phenolic OH excluding ortho intramolecular Hbond substituents is 2. The smallest absolute Gasteiger partial charge is 0.272 e. The minimum absolute atomic E-state index is 0.0602. The monoisotopic (exact) mass is 337 g/mol. The van der Waals surface area contributed by atoms with Gasteiger partial charge in [-0.3, -0.25) is 9.20 Å². The summed E-state index contributed by atoms with van der Waals surface area (Å²) in [5.41, 5.74) is 0.513. The third kappa shape index (κ3) is 1.79. The molecule has 2 N–H and O–H groups in total. The van der Waals surface area contributed by atoms with Gasteiger partial charge in [0.1, 0.15) is 22.5 Å². The van der Waals surface area contributed by atoms with Crippen LogP contribution in [0, 0.1) is 0 Å². The van der Waals surface area contributed by atoms with Crippen molar-refractivity contribution in [2.75, 3.05) is 0 Å². The lowest BCUT2D eigenvalue weighted by Crippen LogP contribution is -2.12. The number of hydrogen-bond acceptors (Lipinski definition) is 4. The van der Waals surface area contributed by atoms with E-state index in [1.807, 2.05) is 6.92 Å². The lowest BCUT2D eigenvalue weighted by atomic mass is 10.0. The summed E-state index contributed by atoms with van der Waals surface area (Å²) in [5.74, 6) is -0.266. The highest BCUT2D eigenvalue weighted by Crippen LogP contribution is 2.35. The third-order valence-electron chi connectivity index (χ3n) is 3.24. The summed E-state index contributed by atoms with van der Waals surface area (Å²) >= 11 is 3.27. The fourth-order valence-corrected chi connectivity index (χ4v) is 2.74. The molecule has 2 aromatic heterocycles. The third-order valence-corrected chi connectivity index (χ3v) is 3.68. The normalized spacial score (nSPS) is 11.5. The van der Waals surface area contributed by atoms with E-state index in [1.165, 1.54) is 10.5 Å². The SMILES string of the molecule is CCCc1c(O)cc2oc3cc(Br)cn3c(=O)c2c1O. The van der Waals surface area contributed by atoms with Crippen molar-refractivity contribution in [3.8, 4) is 11.5 Å². The van der Waals surface area contributed by atoms with Gasteiger partial charge in [-0.15, -0.1) is 0 Å². The Morgan fingerprint density at radius 2 is 2.10 bits per heavy atom. The zero-order chi connectivity index (χ0) is 14.4. The lowest BCUT2D eigenvalue weighted by molar-refractivity contribution is 0.439. The summed E-state index contributed by atoms with van der Waals surface area (Å²) < 4.78 is 7.57. The van der Waals surface area contributed by atoms with Crippen LogP contribution < -0.4 is 5.56 Å². The van der Waals surface area contributed by atoms with Crippen LogP contribution in [0.5, 0.6) is 11.5 Å². The van der Waals surface area contributed by atoms with Gasteiger partial charge < -0.3 is 14.6 Å². The van der Waals surface area contributed by atoms with Gasteiger partial charge in [-0.1, -0.05) is 13.3 Å². The van der Waals surface area contributed by atoms with Gasteiger partial charge in [0.25, 0.3) is 5.56 Å². The first-order valence-corrected chi connectivity index (χ1v) is 7.00. The molecule has 3 rings (SSSR count). The highest BCUT2D eigenvalue weighted by molar-refractivity contribution is 9.10. The molecule has 0 unspecified atom stereocenters. The van der Waals surface area contributed by atoms with Crippen molar-refractivity contribution >= 4 is 32.6 Å². The van der Waals surface area contributed by atoms with Crippen LogP contribution in [0.1, 0.15) is 18.9 Å². The summed E-state index contributed by atoms with van der Waals surface area (Å²) in [6.07, 6.45) is 2.81. The van der Waals surface area contributed by atoms with Crippen molar-refractivity contribution in [2.24, 2.45) is 0 Å². The molecule has 5 nitrogen and oxygen atoms in total. The standard InChI is InChI=1S/C14H12BrNO4/c1-2-3-8-9(17)5-10-12(13(8)18)14(19)16-6-7(15)4-11(16)20-10/h4-6,17-18H,2-3H2,1H3. The predicted octanol–water partition coefficient (Wildman–Crippen LogP) is 3.17. The van der Waals surface area contributed by atoms with Crippen molar-refractivity contribution in [1.29, 1.82) is 0 Å². The molecular weight excluding hydrogens is 326 g/mol. The number of halogens is 1. The number of aromatic hydroxyl groups is 2. The van der Waals surface area contributed by atoms with Crippen molar-refractivity contribution in [3.63, 3.8) is 0 Å². The van der Waals surface area contributed by atoms with Gasteiger partial charge in [0.2, 0.25) is 5.71 Å². The summed E-state index contributed by atoms with van der Waals surface area (Å²) in [4.78, 5) is 12.4. The van der Waals surface area contributed by atoms with Crippen LogP contribution in [0.3, 0.4) is 0 Å². The number of aromatic nitrogens is 1. The van der Waals surface area contributed by atoms with E-state index in [1.54, 1.807) is 12.3 Å². The zero-order valence-electron chi connectivity index (χ0n) is 10.7. The average molecular weight is 338 g/mol. The molecule has 0 fully saturated rings. The molecule has 104 valence electrons. The molecule has 0 saturated heterocycles. The fraction of sp³-hybridized carbons (Fsp3) is 0.214. The number of hydrogen-bond donors (Lipinski definition) is 2. The van der Waals surface area contributed by atoms with Gasteiger partial charge in [0.05, 0.1) is 0 Å². The maximum absolute atomic E-state index is 12.4. The highest BCUT2D eigenvalue weighted by atomic mass is 79.9. The maximum atomic E-state index is 12.4. The molecule has 3 aromatic rings. The summed E-state index contributed by atoms with van der Waals surface area (Å²) in [6, 6.07) is 3.03. The molecule has 0 saturated carbocycles. The highest BCUT2D eigenvalue weighted by Gasteiger charge is 2.18. The Morgan fingerprint density at radius 1 is 1.35 bits per heavy atom. The molecule has 0 radical (unpaired) electrons. The fourth-order valence-electron chi connectivity index (χ4n) is 2.34. The van der Waals surface area contributed by atoms with E-state index in [2.05, 4.69) is 15.9 Å². The van der Waals surface area contributed by atoms with Crippen LogP contribution in [0.2, 0.25) is 0 Å². The molecule has 1 aromatic carbocycles. The van der Waals surface area contributed by atoms with E-state index >= 15 is 0 Å². The Labute approximate surface area is 122 Å². The minimum Gasteiger partial charge on any atom is -0.507 e. The van der Waals surface area contributed by atoms with Gasteiger partial charge in [-0.05, 0) is 22.4 Å². The van der Waals surface area contributed by atoms with Gasteiger partial charge >= 0.3 is 0 Å². The molecule has 0 spiro atoms. The Hall–Kier alpha value is -1.95. The van der Waals surface area contributed by atoms with Gasteiger partial charge in [-0.25, -0.2) is 0 Å². The van der Waals surface area contributed by atoms with Crippen molar-refractivity contribution < 1.29 is 14.6 Å². The van der Waals surface area contributed by atoms with Crippen LogP contribution in [0.4, 0.5) is 0 Å². The molecule has 0 aliphatic rings. The average Bonchev–Trinajstić information content (AvgIpc) is 2.75. The van der Waals surface area contributed by atoms with E-state index < -0.39 is 0 Å². The Morgan fingerprint density at radius 3 is 2.80 bits per heavy atom. The second-order valence-electron chi connectivity index (χ2n) is 4.62. The molecular formula is C14H12BrNO4. The van der Waals surface area contributed by atoms with Gasteiger partial charge in [-0.2, -0.15) is 0 Å². The van der Waals surface area contributed by atoms with Gasteiger partial charge in [0.15, 0.2) is 0 Å². The van der Waals surface area contributed by atoms with Crippen molar-refractivity contribution in [1.82, 2.24) is 4.40 Å². The molecule has 20 heavy (non-hydrogen) atoms. The number of phenols is 2. The predicted molar refractivity (Wildman–Crippen MR) is 78.5 cm³/mol. The molecule has 0 aliphatic carbocycles. The zero-order valence-corrected chi connectivity index (χ0v) is 12.3. The van der Waals surface area contributed by atoms with E-state index in [-0.39, 0.29) is 28.0 Å². The van der Waals surface area contributed by atoms with Crippen LogP contribution in [-0.2, 0) is 6.42 Å². The second kappa shape index (κ2) is 4.56.